The molecular formula is C14H19BrClFN2O2. The minimum absolute atomic E-state index is 0. The third-order valence-corrected chi connectivity index (χ3v) is 4.18. The zero-order valence-corrected chi connectivity index (χ0v) is 14.1. The van der Waals surface area contributed by atoms with Crippen molar-refractivity contribution in [3.63, 3.8) is 0 Å². The second kappa shape index (κ2) is 7.96. The van der Waals surface area contributed by atoms with E-state index in [0.717, 1.165) is 6.42 Å². The molecule has 0 saturated carbocycles. The summed E-state index contributed by atoms with van der Waals surface area (Å²) in [7, 11) is 0. The molecule has 1 heterocycles. The fourth-order valence-electron chi connectivity index (χ4n) is 2.48. The molecule has 2 N–H and O–H groups in total. The number of likely N-dealkylation sites (tertiary alicyclic amines) is 1. The second-order valence-corrected chi connectivity index (χ2v) is 5.95. The number of carbonyl (C=O) groups is 1. The van der Waals surface area contributed by atoms with E-state index in [2.05, 4.69) is 15.9 Å². The summed E-state index contributed by atoms with van der Waals surface area (Å²) in [4.78, 5) is 13.9. The maximum Gasteiger partial charge on any atom is 0.260 e. The average Bonchev–Trinajstić information content (AvgIpc) is 2.79. The number of rotatable bonds is 4. The van der Waals surface area contributed by atoms with Crippen LogP contribution in [0.15, 0.2) is 22.7 Å². The minimum atomic E-state index is -0.352. The number of halogens is 3. The van der Waals surface area contributed by atoms with Crippen LogP contribution in [-0.4, -0.2) is 36.5 Å². The molecule has 1 fully saturated rings. The molecule has 4 nitrogen and oxygen atoms in total. The van der Waals surface area contributed by atoms with Gasteiger partial charge in [0.2, 0.25) is 0 Å². The topological polar surface area (TPSA) is 55.6 Å². The molecule has 2 unspecified atom stereocenters. The third-order valence-electron chi connectivity index (χ3n) is 3.56. The summed E-state index contributed by atoms with van der Waals surface area (Å²) in [6.45, 7) is 3.25. The van der Waals surface area contributed by atoms with Crippen molar-refractivity contribution in [1.29, 1.82) is 0 Å². The van der Waals surface area contributed by atoms with Gasteiger partial charge in [0.1, 0.15) is 11.6 Å². The van der Waals surface area contributed by atoms with Crippen LogP contribution in [0.25, 0.3) is 0 Å². The van der Waals surface area contributed by atoms with E-state index in [-0.39, 0.29) is 36.8 Å². The van der Waals surface area contributed by atoms with Crippen molar-refractivity contribution >= 4 is 34.2 Å². The van der Waals surface area contributed by atoms with Crippen molar-refractivity contribution in [1.82, 2.24) is 4.90 Å². The highest BCUT2D eigenvalue weighted by Gasteiger charge is 2.31. The normalized spacial score (nSPS) is 21.0. The van der Waals surface area contributed by atoms with E-state index in [4.69, 9.17) is 10.5 Å². The fraction of sp³-hybridized carbons (Fsp3) is 0.500. The van der Waals surface area contributed by atoms with Gasteiger partial charge >= 0.3 is 0 Å². The molecule has 0 radical (unpaired) electrons. The number of hydrogen-bond acceptors (Lipinski definition) is 3. The fourth-order valence-corrected chi connectivity index (χ4v) is 2.94. The SMILES string of the molecule is CC1CC(CN)CN1C(=O)COc1ccc(F)cc1Br.Cl. The Hall–Kier alpha value is -0.850. The first-order valence-corrected chi connectivity index (χ1v) is 7.38. The van der Waals surface area contributed by atoms with Crippen molar-refractivity contribution in [3.8, 4) is 5.75 Å². The van der Waals surface area contributed by atoms with Gasteiger partial charge in [-0.15, -0.1) is 12.4 Å². The summed E-state index contributed by atoms with van der Waals surface area (Å²) < 4.78 is 18.9. The van der Waals surface area contributed by atoms with E-state index in [0.29, 0.717) is 29.2 Å². The molecule has 21 heavy (non-hydrogen) atoms. The van der Waals surface area contributed by atoms with E-state index in [1.165, 1.54) is 18.2 Å². The molecule has 0 aromatic heterocycles. The van der Waals surface area contributed by atoms with Gasteiger partial charge in [-0.3, -0.25) is 4.79 Å². The predicted molar refractivity (Wildman–Crippen MR) is 85.2 cm³/mol. The van der Waals surface area contributed by atoms with Crippen molar-refractivity contribution in [2.45, 2.75) is 19.4 Å². The smallest absolute Gasteiger partial charge is 0.260 e. The molecule has 1 aromatic rings. The van der Waals surface area contributed by atoms with E-state index >= 15 is 0 Å². The van der Waals surface area contributed by atoms with Gasteiger partial charge in [-0.05, 0) is 59.9 Å². The number of ether oxygens (including phenoxy) is 1. The van der Waals surface area contributed by atoms with E-state index in [1.54, 1.807) is 4.90 Å². The molecule has 7 heteroatoms. The standard InChI is InChI=1S/C14H18BrFN2O2.ClH/c1-9-4-10(6-17)7-18(9)14(19)8-20-13-3-2-11(16)5-12(13)15;/h2-3,5,9-10H,4,6-8,17H2,1H3;1H. The Bertz CT molecular complexity index is 504. The molecule has 1 saturated heterocycles. The summed E-state index contributed by atoms with van der Waals surface area (Å²) in [5.74, 6) is 0.410. The van der Waals surface area contributed by atoms with Gasteiger partial charge in [0.15, 0.2) is 6.61 Å². The second-order valence-electron chi connectivity index (χ2n) is 5.10. The number of nitrogens with zero attached hydrogens (tertiary/aromatic N) is 1. The van der Waals surface area contributed by atoms with Gasteiger partial charge in [0, 0.05) is 12.6 Å². The highest BCUT2D eigenvalue weighted by molar-refractivity contribution is 9.10. The molecule has 118 valence electrons. The number of carbonyl (C=O) groups excluding carboxylic acids is 1. The van der Waals surface area contributed by atoms with Crippen LogP contribution in [0, 0.1) is 11.7 Å². The Kier molecular flexibility index (Phi) is 6.90. The van der Waals surface area contributed by atoms with Crippen molar-refractivity contribution in [2.75, 3.05) is 19.7 Å². The van der Waals surface area contributed by atoms with Crippen LogP contribution in [0.3, 0.4) is 0 Å². The Morgan fingerprint density at radius 1 is 1.57 bits per heavy atom. The maximum absolute atomic E-state index is 13.0. The first kappa shape index (κ1) is 18.2. The number of hydrogen-bond donors (Lipinski definition) is 1. The quantitative estimate of drug-likeness (QED) is 0.872. The van der Waals surface area contributed by atoms with Gasteiger partial charge in [-0.1, -0.05) is 0 Å². The van der Waals surface area contributed by atoms with E-state index < -0.39 is 0 Å². The molecule has 0 aliphatic carbocycles. The largest absolute Gasteiger partial charge is 0.483 e. The lowest BCUT2D eigenvalue weighted by Crippen LogP contribution is -2.37. The molecule has 2 rings (SSSR count). The van der Waals surface area contributed by atoms with Crippen LogP contribution in [0.5, 0.6) is 5.75 Å². The molecule has 0 spiro atoms. The molecule has 0 bridgehead atoms. The van der Waals surface area contributed by atoms with Crippen LogP contribution in [0.4, 0.5) is 4.39 Å². The van der Waals surface area contributed by atoms with Crippen LogP contribution in [-0.2, 0) is 4.79 Å². The highest BCUT2D eigenvalue weighted by atomic mass is 79.9. The summed E-state index contributed by atoms with van der Waals surface area (Å²) in [5.41, 5.74) is 5.65. The number of nitrogens with two attached hydrogens (primary N) is 1. The van der Waals surface area contributed by atoms with Gasteiger partial charge in [0.05, 0.1) is 4.47 Å². The molecule has 1 aromatic carbocycles. The monoisotopic (exact) mass is 380 g/mol. The highest BCUT2D eigenvalue weighted by Crippen LogP contribution is 2.26. The Balaban J connectivity index is 0.00000220. The Labute approximate surface area is 138 Å². The van der Waals surface area contributed by atoms with Crippen LogP contribution in [0.1, 0.15) is 13.3 Å². The summed E-state index contributed by atoms with van der Waals surface area (Å²) in [6.07, 6.45) is 0.933. The van der Waals surface area contributed by atoms with Crippen LogP contribution < -0.4 is 10.5 Å². The maximum atomic E-state index is 13.0. The Morgan fingerprint density at radius 3 is 2.86 bits per heavy atom. The van der Waals surface area contributed by atoms with Gasteiger partial charge in [-0.2, -0.15) is 0 Å². The molecule has 1 aliphatic rings. The predicted octanol–water partition coefficient (Wildman–Crippen LogP) is 2.58. The molecule has 1 amide bonds. The van der Waals surface area contributed by atoms with E-state index in [9.17, 15) is 9.18 Å². The van der Waals surface area contributed by atoms with Gasteiger partial charge < -0.3 is 15.4 Å². The number of amides is 1. The molecule has 2 atom stereocenters. The number of benzene rings is 1. The van der Waals surface area contributed by atoms with Gasteiger partial charge in [0.25, 0.3) is 5.91 Å². The van der Waals surface area contributed by atoms with Crippen molar-refractivity contribution < 1.29 is 13.9 Å². The first-order chi connectivity index (χ1) is 9.51. The summed E-state index contributed by atoms with van der Waals surface area (Å²) >= 11 is 3.21. The zero-order chi connectivity index (χ0) is 14.7. The lowest BCUT2D eigenvalue weighted by atomic mass is 10.1. The van der Waals surface area contributed by atoms with Gasteiger partial charge in [-0.25, -0.2) is 4.39 Å². The minimum Gasteiger partial charge on any atom is -0.483 e. The molecule has 1 aliphatic heterocycles. The average molecular weight is 382 g/mol. The van der Waals surface area contributed by atoms with Crippen LogP contribution in [0.2, 0.25) is 0 Å². The summed E-state index contributed by atoms with van der Waals surface area (Å²) in [5, 5.41) is 0. The Morgan fingerprint density at radius 2 is 2.29 bits per heavy atom. The van der Waals surface area contributed by atoms with Crippen molar-refractivity contribution in [3.05, 3.63) is 28.5 Å². The lowest BCUT2D eigenvalue weighted by molar-refractivity contribution is -0.134. The third kappa shape index (κ3) is 4.56. The first-order valence-electron chi connectivity index (χ1n) is 6.58. The van der Waals surface area contributed by atoms with E-state index in [1.807, 2.05) is 6.92 Å². The zero-order valence-electron chi connectivity index (χ0n) is 11.7. The van der Waals surface area contributed by atoms with Crippen molar-refractivity contribution in [2.24, 2.45) is 11.7 Å². The van der Waals surface area contributed by atoms with Crippen LogP contribution >= 0.6 is 28.3 Å². The molecular weight excluding hydrogens is 363 g/mol. The lowest BCUT2D eigenvalue weighted by Gasteiger charge is -2.21. The summed E-state index contributed by atoms with van der Waals surface area (Å²) in [6, 6.07) is 4.30.